The molecule has 0 bridgehead atoms. The van der Waals surface area contributed by atoms with E-state index in [1.807, 2.05) is 0 Å². The molecule has 2 atom stereocenters. The van der Waals surface area contributed by atoms with Crippen LogP contribution in [0.3, 0.4) is 0 Å². The fourth-order valence-corrected chi connectivity index (χ4v) is 4.44. The quantitative estimate of drug-likeness (QED) is 0.522. The fourth-order valence-electron chi connectivity index (χ4n) is 3.15. The molecule has 0 saturated carbocycles. The van der Waals surface area contributed by atoms with E-state index in [0.29, 0.717) is 24.4 Å². The van der Waals surface area contributed by atoms with Crippen molar-refractivity contribution in [2.75, 3.05) is 32.4 Å². The van der Waals surface area contributed by atoms with Crippen LogP contribution in [0.25, 0.3) is 0 Å². The van der Waals surface area contributed by atoms with E-state index in [-0.39, 0.29) is 34.5 Å². The minimum Gasteiger partial charge on any atom is -0.543 e. The van der Waals surface area contributed by atoms with E-state index in [4.69, 9.17) is 9.85 Å². The van der Waals surface area contributed by atoms with Crippen LogP contribution in [-0.2, 0) is 9.59 Å². The van der Waals surface area contributed by atoms with Gasteiger partial charge in [0.25, 0.3) is 0 Å². The van der Waals surface area contributed by atoms with Gasteiger partial charge in [-0.3, -0.25) is 9.69 Å². The molecule has 0 radical (unpaired) electrons. The molecule has 3 aliphatic heterocycles. The summed E-state index contributed by atoms with van der Waals surface area (Å²) in [5.41, 5.74) is 5.99. The number of carboxylic acid groups (broad SMARTS) is 1. The maximum absolute atomic E-state index is 11.9. The molecule has 2 fully saturated rings. The Bertz CT molecular complexity index is 593. The van der Waals surface area contributed by atoms with Crippen molar-refractivity contribution in [1.29, 1.82) is 0 Å². The molecule has 3 rings (SSSR count). The summed E-state index contributed by atoms with van der Waals surface area (Å²) >= 11 is 1.38. The third-order valence-electron chi connectivity index (χ3n) is 4.20. The molecule has 6 nitrogen and oxygen atoms in total. The predicted molar refractivity (Wildman–Crippen MR) is 80.4 cm³/mol. The Hall–Kier alpha value is -0.760. The van der Waals surface area contributed by atoms with Crippen LogP contribution in [0.15, 0.2) is 11.3 Å². The van der Waals surface area contributed by atoms with Crippen LogP contribution in [0.5, 0.6) is 0 Å². The fraction of sp³-hybridized carbons (Fsp3) is 0.692. The summed E-state index contributed by atoms with van der Waals surface area (Å²) in [6, 6.07) is -0.701. The van der Waals surface area contributed by atoms with Crippen molar-refractivity contribution in [2.45, 2.75) is 24.3 Å². The van der Waals surface area contributed by atoms with Gasteiger partial charge in [-0.15, -0.1) is 24.2 Å². The van der Waals surface area contributed by atoms with Gasteiger partial charge in [-0.05, 0) is 0 Å². The number of quaternary nitrogens is 1. The Balaban J connectivity index is 0.00000208. The molecule has 1 amide bonds. The molecule has 0 aliphatic carbocycles. The molecule has 2 saturated heterocycles. The lowest BCUT2D eigenvalue weighted by Gasteiger charge is -2.50. The predicted octanol–water partition coefficient (Wildman–Crippen LogP) is -1.10. The number of thioether (sulfide) groups is 1. The highest BCUT2D eigenvalue weighted by atomic mass is 35.5. The van der Waals surface area contributed by atoms with Gasteiger partial charge in [-0.2, -0.15) is 0 Å². The zero-order valence-electron chi connectivity index (χ0n) is 14.4. The first-order chi connectivity index (χ1) is 10.7. The minimum absolute atomic E-state index is 0. The monoisotopic (exact) mass is 336 g/mol. The van der Waals surface area contributed by atoms with Crippen LogP contribution in [-0.4, -0.2) is 65.0 Å². The number of rotatable bonds is 3. The number of hydrogen-bond acceptors (Lipinski definition) is 5. The summed E-state index contributed by atoms with van der Waals surface area (Å²) in [6.07, 6.45) is 1.60. The van der Waals surface area contributed by atoms with Crippen LogP contribution in [0.1, 0.15) is 17.0 Å². The van der Waals surface area contributed by atoms with Gasteiger partial charge in [-0.1, -0.05) is 0 Å². The second kappa shape index (κ2) is 5.79. The maximum Gasteiger partial charge on any atom is 0.248 e. The number of carboxylic acids is 1. The number of fused-ring (bicyclic) bond motifs is 1. The van der Waals surface area contributed by atoms with Gasteiger partial charge in [0.2, 0.25) is 5.91 Å². The van der Waals surface area contributed by atoms with Crippen molar-refractivity contribution >= 4 is 36.0 Å². The number of aliphatic carboxylic acids is 1. The van der Waals surface area contributed by atoms with Crippen molar-refractivity contribution in [2.24, 2.45) is 5.73 Å². The number of carbonyl (C=O) groups is 2. The Morgan fingerprint density at radius 3 is 2.81 bits per heavy atom. The van der Waals surface area contributed by atoms with E-state index in [2.05, 4.69) is 0 Å². The first kappa shape index (κ1) is 12.8. The van der Waals surface area contributed by atoms with Crippen molar-refractivity contribution in [3.8, 4) is 0 Å². The highest BCUT2D eigenvalue weighted by Crippen LogP contribution is 2.40. The Morgan fingerprint density at radius 2 is 2.24 bits per heavy atom. The van der Waals surface area contributed by atoms with Gasteiger partial charge >= 0.3 is 0 Å². The molecule has 0 unspecified atom stereocenters. The van der Waals surface area contributed by atoms with E-state index in [1.54, 1.807) is 0 Å². The average molecular weight is 337 g/mol. The summed E-state index contributed by atoms with van der Waals surface area (Å²) in [4.78, 5) is 24.7. The number of likely N-dealkylation sites (N-methyl/N-ethyl adjacent to an activating group) is 1. The molecule has 8 heteroatoms. The average Bonchev–Trinajstić information content (AvgIpc) is 2.95. The highest BCUT2D eigenvalue weighted by Gasteiger charge is 2.50. The molecule has 0 aromatic rings. The summed E-state index contributed by atoms with van der Waals surface area (Å²) in [7, 11) is 0. The van der Waals surface area contributed by atoms with Gasteiger partial charge in [0, 0.05) is 24.2 Å². The number of halogens is 1. The van der Waals surface area contributed by atoms with E-state index in [0.717, 1.165) is 17.7 Å². The van der Waals surface area contributed by atoms with Gasteiger partial charge in [0.15, 0.2) is 0 Å². The number of nitrogens with zero attached hydrogens (tertiary/aromatic N) is 2. The van der Waals surface area contributed by atoms with Crippen LogP contribution in [0, 0.1) is 0 Å². The number of amides is 1. The van der Waals surface area contributed by atoms with E-state index < -0.39 is 24.9 Å². The third-order valence-corrected chi connectivity index (χ3v) is 5.56. The first-order valence-corrected chi connectivity index (χ1v) is 7.73. The maximum atomic E-state index is 11.9. The third kappa shape index (κ3) is 2.67. The molecule has 0 spiro atoms. The molecular weight excluding hydrogens is 314 g/mol. The molecule has 118 valence electrons. The van der Waals surface area contributed by atoms with Crippen molar-refractivity contribution < 1.29 is 23.3 Å². The largest absolute Gasteiger partial charge is 0.543 e. The van der Waals surface area contributed by atoms with Gasteiger partial charge in [-0.25, -0.2) is 0 Å². The van der Waals surface area contributed by atoms with Crippen LogP contribution in [0.4, 0.5) is 0 Å². The second-order valence-electron chi connectivity index (χ2n) is 5.63. The summed E-state index contributed by atoms with van der Waals surface area (Å²) < 4.78 is 23.4. The van der Waals surface area contributed by atoms with Crippen molar-refractivity contribution in [3.05, 3.63) is 11.3 Å². The SMILES string of the molecule is Cl.[2H]C([2H])([2H])[N+]1(CC2=C(C(=O)[O-])N3C(=O)[C@@H](N)[C@H]3SC2)CCCC1. The molecule has 0 aromatic carbocycles. The lowest BCUT2D eigenvalue weighted by atomic mass is 10.0. The van der Waals surface area contributed by atoms with Crippen LogP contribution >= 0.6 is 24.2 Å². The number of carbonyl (C=O) groups excluding carboxylic acids is 2. The molecule has 3 heterocycles. The second-order valence-corrected chi connectivity index (χ2v) is 6.74. The zero-order chi connectivity index (χ0) is 17.0. The number of likely N-dealkylation sites (tertiary alicyclic amines) is 1. The lowest BCUT2D eigenvalue weighted by Crippen LogP contribution is -2.69. The van der Waals surface area contributed by atoms with E-state index in [9.17, 15) is 14.7 Å². The Labute approximate surface area is 138 Å². The summed E-state index contributed by atoms with van der Waals surface area (Å²) in [6.45, 7) is -1.13. The van der Waals surface area contributed by atoms with Gasteiger partial charge < -0.3 is 20.1 Å². The highest BCUT2D eigenvalue weighted by molar-refractivity contribution is 8.00. The minimum atomic E-state index is -2.21. The molecular formula is C13H20ClN3O3S. The van der Waals surface area contributed by atoms with Gasteiger partial charge in [0.1, 0.15) is 18.0 Å². The normalized spacial score (nSPS) is 33.3. The molecule has 21 heavy (non-hydrogen) atoms. The Morgan fingerprint density at radius 1 is 1.57 bits per heavy atom. The van der Waals surface area contributed by atoms with E-state index >= 15 is 0 Å². The summed E-state index contributed by atoms with van der Waals surface area (Å²) in [5, 5.41) is 11.2. The Kier molecular flexibility index (Phi) is 3.52. The lowest BCUT2D eigenvalue weighted by molar-refractivity contribution is -0.893. The first-order valence-electron chi connectivity index (χ1n) is 8.18. The van der Waals surface area contributed by atoms with Gasteiger partial charge in [0.05, 0.1) is 35.8 Å². The zero-order valence-corrected chi connectivity index (χ0v) is 13.0. The van der Waals surface area contributed by atoms with Crippen LogP contribution in [0.2, 0.25) is 0 Å². The van der Waals surface area contributed by atoms with Crippen LogP contribution < -0.4 is 10.8 Å². The molecule has 0 aromatic heterocycles. The topological polar surface area (TPSA) is 86.5 Å². The number of β-lactam (4-membered cyclic amide) rings is 1. The molecule has 3 aliphatic rings. The molecule has 2 N–H and O–H groups in total. The van der Waals surface area contributed by atoms with Crippen molar-refractivity contribution in [3.63, 3.8) is 0 Å². The number of hydrogen-bond donors (Lipinski definition) is 1. The number of nitrogens with two attached hydrogens (primary N) is 1. The smallest absolute Gasteiger partial charge is 0.248 e. The van der Waals surface area contributed by atoms with Crippen molar-refractivity contribution in [1.82, 2.24) is 4.90 Å². The van der Waals surface area contributed by atoms with E-state index in [1.165, 1.54) is 11.8 Å². The standard InChI is InChI=1S/C13H19N3O3S.ClH/c1-16(4-2-3-5-16)6-8-7-20-12-9(14)11(17)15(12)10(8)13(18)19;/h9,12H,2-7,14H2,1H3;1H/t9-,12-;/m1./s1/i1D3;. The summed E-state index contributed by atoms with van der Waals surface area (Å²) in [5.74, 6) is -1.52.